The van der Waals surface area contributed by atoms with Crippen molar-refractivity contribution < 1.29 is 22.9 Å². The van der Waals surface area contributed by atoms with Gasteiger partial charge in [-0.1, -0.05) is 29.3 Å². The van der Waals surface area contributed by atoms with Gasteiger partial charge in [0.2, 0.25) is 0 Å². The smallest absolute Gasteiger partial charge is 0.343 e. The van der Waals surface area contributed by atoms with Crippen LogP contribution in [-0.2, 0) is 10.0 Å². The van der Waals surface area contributed by atoms with Crippen LogP contribution in [0.5, 0.6) is 5.75 Å². The van der Waals surface area contributed by atoms with E-state index in [1.54, 1.807) is 12.1 Å². The Morgan fingerprint density at radius 1 is 1.03 bits per heavy atom. The second-order valence-electron chi connectivity index (χ2n) is 6.59. The van der Waals surface area contributed by atoms with Crippen LogP contribution in [0.3, 0.4) is 0 Å². The summed E-state index contributed by atoms with van der Waals surface area (Å²) in [4.78, 5) is 22.7. The average Bonchev–Trinajstić information content (AvgIpc) is 2.74. The quantitative estimate of drug-likeness (QED) is 0.230. The fourth-order valence-corrected chi connectivity index (χ4v) is 4.06. The number of carbonyl (C=O) groups is 1. The minimum Gasteiger partial charge on any atom is -0.423 e. The molecule has 0 saturated heterocycles. The molecular formula is C21H17ClN2O6S. The molecule has 0 heterocycles. The van der Waals surface area contributed by atoms with Gasteiger partial charge in [-0.25, -0.2) is 13.2 Å². The van der Waals surface area contributed by atoms with Crippen LogP contribution in [0.1, 0.15) is 15.9 Å². The molecule has 0 N–H and O–H groups in total. The van der Waals surface area contributed by atoms with Gasteiger partial charge in [-0.3, -0.25) is 14.4 Å². The first-order chi connectivity index (χ1) is 14.6. The van der Waals surface area contributed by atoms with Gasteiger partial charge in [0.25, 0.3) is 15.7 Å². The molecular weight excluding hydrogens is 444 g/mol. The number of carbonyl (C=O) groups excluding carboxylic acids is 1. The number of esters is 1. The fraction of sp³-hybridized carbons (Fsp3) is 0.0952. The molecule has 0 atom stereocenters. The maximum absolute atomic E-state index is 12.8. The van der Waals surface area contributed by atoms with Crippen molar-refractivity contribution in [2.75, 3.05) is 11.4 Å². The molecule has 160 valence electrons. The molecule has 0 aliphatic carbocycles. The largest absolute Gasteiger partial charge is 0.423 e. The van der Waals surface area contributed by atoms with Crippen LogP contribution >= 0.6 is 11.6 Å². The van der Waals surface area contributed by atoms with Gasteiger partial charge in [-0.05, 0) is 55.5 Å². The number of sulfonamides is 1. The molecule has 8 nitrogen and oxygen atoms in total. The Balaban J connectivity index is 1.77. The van der Waals surface area contributed by atoms with E-state index in [-0.39, 0.29) is 21.2 Å². The lowest BCUT2D eigenvalue weighted by molar-refractivity contribution is -0.384. The number of halogens is 1. The topological polar surface area (TPSA) is 107 Å². The molecule has 10 heteroatoms. The summed E-state index contributed by atoms with van der Waals surface area (Å²) < 4.78 is 31.9. The van der Waals surface area contributed by atoms with Crippen molar-refractivity contribution in [2.24, 2.45) is 0 Å². The molecule has 3 rings (SSSR count). The fourth-order valence-electron chi connectivity index (χ4n) is 2.68. The van der Waals surface area contributed by atoms with Crippen LogP contribution in [0.15, 0.2) is 71.6 Å². The molecule has 3 aromatic rings. The maximum atomic E-state index is 12.8. The summed E-state index contributed by atoms with van der Waals surface area (Å²) in [7, 11) is -2.34. The van der Waals surface area contributed by atoms with E-state index in [2.05, 4.69) is 0 Å². The summed E-state index contributed by atoms with van der Waals surface area (Å²) in [5.41, 5.74) is 0.856. The van der Waals surface area contributed by atoms with Gasteiger partial charge in [0.1, 0.15) is 10.8 Å². The zero-order chi connectivity index (χ0) is 22.8. The van der Waals surface area contributed by atoms with Crippen molar-refractivity contribution in [3.8, 4) is 5.75 Å². The summed E-state index contributed by atoms with van der Waals surface area (Å²) in [5, 5.41) is 10.9. The van der Waals surface area contributed by atoms with Crippen LogP contribution in [0.4, 0.5) is 11.4 Å². The van der Waals surface area contributed by atoms with Gasteiger partial charge in [-0.2, -0.15) is 0 Å². The molecule has 0 amide bonds. The Labute approximate surface area is 183 Å². The molecule has 0 aliphatic rings. The van der Waals surface area contributed by atoms with E-state index in [1.807, 2.05) is 6.92 Å². The van der Waals surface area contributed by atoms with Gasteiger partial charge < -0.3 is 4.74 Å². The Morgan fingerprint density at radius 2 is 1.65 bits per heavy atom. The third-order valence-corrected chi connectivity index (χ3v) is 6.59. The van der Waals surface area contributed by atoms with Crippen molar-refractivity contribution in [3.63, 3.8) is 0 Å². The first-order valence-corrected chi connectivity index (χ1v) is 10.7. The highest BCUT2D eigenvalue weighted by molar-refractivity contribution is 7.92. The van der Waals surface area contributed by atoms with Crippen molar-refractivity contribution in [1.29, 1.82) is 0 Å². The Hall–Kier alpha value is -3.43. The Bertz CT molecular complexity index is 1240. The predicted molar refractivity (Wildman–Crippen MR) is 116 cm³/mol. The molecule has 0 aliphatic heterocycles. The summed E-state index contributed by atoms with van der Waals surface area (Å²) in [6.07, 6.45) is 0. The number of nitrogens with zero attached hydrogens (tertiary/aromatic N) is 2. The highest BCUT2D eigenvalue weighted by atomic mass is 35.5. The van der Waals surface area contributed by atoms with Crippen LogP contribution in [0.2, 0.25) is 5.02 Å². The Morgan fingerprint density at radius 3 is 2.23 bits per heavy atom. The summed E-state index contributed by atoms with van der Waals surface area (Å²) >= 11 is 5.74. The van der Waals surface area contributed by atoms with Crippen molar-refractivity contribution in [1.82, 2.24) is 0 Å². The molecule has 0 bridgehead atoms. The predicted octanol–water partition coefficient (Wildman–Crippen LogP) is 4.60. The van der Waals surface area contributed by atoms with Crippen LogP contribution in [0, 0.1) is 17.0 Å². The van der Waals surface area contributed by atoms with Crippen LogP contribution in [-0.4, -0.2) is 26.4 Å². The first-order valence-electron chi connectivity index (χ1n) is 8.91. The van der Waals surface area contributed by atoms with E-state index < -0.39 is 26.6 Å². The van der Waals surface area contributed by atoms with Gasteiger partial charge >= 0.3 is 5.97 Å². The molecule has 0 unspecified atom stereocenters. The second kappa shape index (κ2) is 8.75. The number of nitro groups is 1. The lowest BCUT2D eigenvalue weighted by atomic mass is 10.2. The van der Waals surface area contributed by atoms with Crippen molar-refractivity contribution in [2.45, 2.75) is 11.8 Å². The van der Waals surface area contributed by atoms with E-state index in [1.165, 1.54) is 55.6 Å². The van der Waals surface area contributed by atoms with Crippen molar-refractivity contribution in [3.05, 3.63) is 93.0 Å². The van der Waals surface area contributed by atoms with Gasteiger partial charge in [-0.15, -0.1) is 0 Å². The number of hydrogen-bond acceptors (Lipinski definition) is 6. The second-order valence-corrected chi connectivity index (χ2v) is 8.97. The molecule has 0 spiro atoms. The minimum absolute atomic E-state index is 0.0424. The van der Waals surface area contributed by atoms with E-state index >= 15 is 0 Å². The highest BCUT2D eigenvalue weighted by Crippen LogP contribution is 2.27. The lowest BCUT2D eigenvalue weighted by Crippen LogP contribution is -2.26. The highest BCUT2D eigenvalue weighted by Gasteiger charge is 2.22. The van der Waals surface area contributed by atoms with Gasteiger partial charge in [0.15, 0.2) is 0 Å². The number of nitro benzene ring substituents is 1. The average molecular weight is 461 g/mol. The molecule has 0 fully saturated rings. The SMILES string of the molecule is Cc1ccc(S(=O)(=O)N(C)c2ccc(OC(=O)c3ccc(Cl)c([N+](=O)[O-])c3)cc2)cc1. The third-order valence-electron chi connectivity index (χ3n) is 4.47. The van der Waals surface area contributed by atoms with Crippen LogP contribution in [0.25, 0.3) is 0 Å². The minimum atomic E-state index is -3.76. The first kappa shape index (κ1) is 22.3. The Kier molecular flexibility index (Phi) is 6.28. The number of anilines is 1. The lowest BCUT2D eigenvalue weighted by Gasteiger charge is -2.20. The number of benzene rings is 3. The molecule has 3 aromatic carbocycles. The van der Waals surface area contributed by atoms with Gasteiger partial charge in [0, 0.05) is 13.1 Å². The zero-order valence-electron chi connectivity index (χ0n) is 16.5. The van der Waals surface area contributed by atoms with Crippen LogP contribution < -0.4 is 9.04 Å². The van der Waals surface area contributed by atoms with E-state index in [9.17, 15) is 23.3 Å². The van der Waals surface area contributed by atoms with E-state index in [0.29, 0.717) is 5.69 Å². The maximum Gasteiger partial charge on any atom is 0.343 e. The summed E-state index contributed by atoms with van der Waals surface area (Å²) in [6, 6.07) is 15.9. The molecule has 0 saturated carbocycles. The molecule has 0 radical (unpaired) electrons. The van der Waals surface area contributed by atoms with Gasteiger partial charge in [0.05, 0.1) is 21.1 Å². The molecule has 31 heavy (non-hydrogen) atoms. The standard InChI is InChI=1S/C21H17ClN2O6S/c1-14-3-10-18(11-4-14)31(28,29)23(2)16-6-8-17(9-7-16)30-21(25)15-5-12-19(22)20(13-15)24(26)27/h3-13H,1-2H3. The third kappa shape index (κ3) is 4.84. The monoisotopic (exact) mass is 460 g/mol. The number of ether oxygens (including phenoxy) is 1. The van der Waals surface area contributed by atoms with Crippen molar-refractivity contribution >= 4 is 39.0 Å². The summed E-state index contributed by atoms with van der Waals surface area (Å²) in [5.74, 6) is -0.666. The number of aryl methyl sites for hydroxylation is 1. The van der Waals surface area contributed by atoms with E-state index in [4.69, 9.17) is 16.3 Å². The summed E-state index contributed by atoms with van der Waals surface area (Å²) in [6.45, 7) is 1.86. The normalized spacial score (nSPS) is 11.1. The molecule has 0 aromatic heterocycles. The zero-order valence-corrected chi connectivity index (χ0v) is 18.1. The number of rotatable bonds is 6. The number of hydrogen-bond donors (Lipinski definition) is 0. The van der Waals surface area contributed by atoms with E-state index in [0.717, 1.165) is 15.9 Å².